The van der Waals surface area contributed by atoms with E-state index in [9.17, 15) is 18.8 Å². The molecule has 0 radical (unpaired) electrons. The Morgan fingerprint density at radius 3 is 2.33 bits per heavy atom. The summed E-state index contributed by atoms with van der Waals surface area (Å²) < 4.78 is 16.8. The van der Waals surface area contributed by atoms with Gasteiger partial charge < -0.3 is 15.1 Å². The molecule has 1 atom stereocenters. The molecule has 1 aromatic carbocycles. The third-order valence-corrected chi connectivity index (χ3v) is 14.0. The van der Waals surface area contributed by atoms with Crippen molar-refractivity contribution in [3.05, 3.63) is 57.8 Å². The summed E-state index contributed by atoms with van der Waals surface area (Å²) in [5.74, 6) is 0.978. The van der Waals surface area contributed by atoms with E-state index >= 15 is 0 Å². The van der Waals surface area contributed by atoms with Gasteiger partial charge in [-0.1, -0.05) is 56.5 Å². The van der Waals surface area contributed by atoms with Gasteiger partial charge >= 0.3 is 0 Å². The van der Waals surface area contributed by atoms with Crippen LogP contribution in [0.1, 0.15) is 149 Å². The predicted molar refractivity (Wildman–Crippen MR) is 223 cm³/mol. The molecule has 2 saturated carbocycles. The average Bonchev–Trinajstić information content (AvgIpc) is 3.90. The molecule has 0 spiro atoms. The molecule has 13 heteroatoms. The SMILES string of the molecule is Cn1ncc(-c2nc(N[C@H]3CC[C@H](CCCCCCCCCN4CCC(c5cc(F)cc6c5CN([C@H]5CCC(=O)NC5=O)C6=O)CC4)CC3)ncc2Cl)c1CC1CC1. The van der Waals surface area contributed by atoms with Crippen molar-refractivity contribution >= 4 is 35.3 Å². The molecule has 8 rings (SSSR count). The van der Waals surface area contributed by atoms with Crippen LogP contribution in [-0.2, 0) is 29.6 Å². The number of aromatic nitrogens is 4. The van der Waals surface area contributed by atoms with Crippen LogP contribution < -0.4 is 10.6 Å². The quantitative estimate of drug-likeness (QED) is 0.103. The van der Waals surface area contributed by atoms with Crippen molar-refractivity contribution < 1.29 is 18.8 Å². The van der Waals surface area contributed by atoms with Gasteiger partial charge in [0.25, 0.3) is 5.91 Å². The monoisotopic (exact) mass is 814 g/mol. The zero-order valence-corrected chi connectivity index (χ0v) is 34.9. The van der Waals surface area contributed by atoms with E-state index < -0.39 is 17.8 Å². The van der Waals surface area contributed by atoms with E-state index in [-0.39, 0.29) is 24.2 Å². The molecule has 0 bridgehead atoms. The first-order valence-corrected chi connectivity index (χ1v) is 22.6. The molecular formula is C45H60ClFN8O3. The number of nitrogens with zero attached hydrogens (tertiary/aromatic N) is 6. The van der Waals surface area contributed by atoms with Crippen LogP contribution in [0.4, 0.5) is 10.3 Å². The number of amides is 3. The predicted octanol–water partition coefficient (Wildman–Crippen LogP) is 8.35. The lowest BCUT2D eigenvalue weighted by Crippen LogP contribution is -2.52. The molecule has 2 saturated heterocycles. The first-order chi connectivity index (χ1) is 28.2. The van der Waals surface area contributed by atoms with Gasteiger partial charge in [-0.05, 0) is 131 Å². The van der Waals surface area contributed by atoms with E-state index in [1.807, 2.05) is 17.9 Å². The standard InChI is InChI=1S/C45H60ClFN8O3/c1-53-40(23-30-10-11-30)36(26-49-53)42-38(46)27-48-45(52-42)50-33-14-12-29(13-15-33)9-7-5-3-2-4-6-8-20-54-21-18-31(19-22-54)34-24-32(47)25-35-37(34)28-55(44(35)58)39-16-17-41(56)51-43(39)57/h24-27,29-31,33,39H,2-23,28H2,1H3,(H,48,50,52)(H,51,56,57)/t29-,33-,39-/m0/s1. The third-order valence-electron chi connectivity index (χ3n) is 13.7. The van der Waals surface area contributed by atoms with Crippen LogP contribution in [0.5, 0.6) is 0 Å². The number of rotatable bonds is 17. The topological polar surface area (TPSA) is 125 Å². The summed E-state index contributed by atoms with van der Waals surface area (Å²) in [4.78, 5) is 50.9. The maximum atomic E-state index is 14.8. The maximum absolute atomic E-state index is 14.8. The van der Waals surface area contributed by atoms with Crippen molar-refractivity contribution in [2.75, 3.05) is 25.0 Å². The smallest absolute Gasteiger partial charge is 0.255 e. The largest absolute Gasteiger partial charge is 0.351 e. The lowest BCUT2D eigenvalue weighted by Gasteiger charge is -2.33. The second-order valence-corrected chi connectivity index (χ2v) is 18.2. The Balaban J connectivity index is 0.679. The Morgan fingerprint density at radius 2 is 1.59 bits per heavy atom. The molecule has 2 aliphatic carbocycles. The molecule has 58 heavy (non-hydrogen) atoms. The van der Waals surface area contributed by atoms with Gasteiger partial charge in [-0.2, -0.15) is 5.10 Å². The summed E-state index contributed by atoms with van der Waals surface area (Å²) in [5.41, 5.74) is 5.16. The number of hydrogen-bond donors (Lipinski definition) is 2. The second-order valence-electron chi connectivity index (χ2n) is 17.8. The number of unbranched alkanes of at least 4 members (excludes halogenated alkanes) is 6. The van der Waals surface area contributed by atoms with E-state index in [2.05, 4.69) is 25.6 Å². The van der Waals surface area contributed by atoms with Gasteiger partial charge in [0.1, 0.15) is 11.9 Å². The molecule has 11 nitrogen and oxygen atoms in total. The minimum Gasteiger partial charge on any atom is -0.351 e. The van der Waals surface area contributed by atoms with Crippen molar-refractivity contribution in [1.82, 2.24) is 34.9 Å². The summed E-state index contributed by atoms with van der Waals surface area (Å²) in [5, 5.41) is 11.1. The molecular weight excluding hydrogens is 755 g/mol. The van der Waals surface area contributed by atoms with Gasteiger partial charge in [-0.25, -0.2) is 14.4 Å². The minimum absolute atomic E-state index is 0.197. The maximum Gasteiger partial charge on any atom is 0.255 e. The van der Waals surface area contributed by atoms with Crippen molar-refractivity contribution in [2.45, 2.75) is 147 Å². The molecule has 0 unspecified atom stereocenters. The van der Waals surface area contributed by atoms with Crippen molar-refractivity contribution in [1.29, 1.82) is 0 Å². The van der Waals surface area contributed by atoms with Gasteiger partial charge in [0.05, 0.1) is 23.1 Å². The van der Waals surface area contributed by atoms with Crippen LogP contribution in [0.15, 0.2) is 24.5 Å². The van der Waals surface area contributed by atoms with Crippen LogP contribution in [0.3, 0.4) is 0 Å². The van der Waals surface area contributed by atoms with Crippen LogP contribution in [0.25, 0.3) is 11.3 Å². The Bertz CT molecular complexity index is 1950. The number of aryl methyl sites for hydroxylation is 1. The number of anilines is 1. The summed E-state index contributed by atoms with van der Waals surface area (Å²) in [6, 6.07) is 2.63. The number of piperidine rings is 2. The fraction of sp³-hybridized carbons (Fsp3) is 0.644. The molecule has 3 aromatic rings. The number of carbonyl (C=O) groups excluding carboxylic acids is 3. The highest BCUT2D eigenvalue weighted by Crippen LogP contribution is 2.39. The number of nitrogens with one attached hydrogen (secondary N) is 2. The third kappa shape index (κ3) is 9.75. The summed E-state index contributed by atoms with van der Waals surface area (Å²) in [7, 11) is 2.00. The van der Waals surface area contributed by atoms with E-state index in [0.29, 0.717) is 35.5 Å². The number of benzene rings is 1. The lowest BCUT2D eigenvalue weighted by molar-refractivity contribution is -0.136. The number of hydrogen-bond acceptors (Lipinski definition) is 8. The summed E-state index contributed by atoms with van der Waals surface area (Å²) >= 11 is 6.60. The van der Waals surface area contributed by atoms with Crippen LogP contribution in [0.2, 0.25) is 5.02 Å². The van der Waals surface area contributed by atoms with Gasteiger partial charge in [-0.15, -0.1) is 0 Å². The summed E-state index contributed by atoms with van der Waals surface area (Å²) in [6.07, 6.45) is 24.8. The highest BCUT2D eigenvalue weighted by molar-refractivity contribution is 6.33. The van der Waals surface area contributed by atoms with Crippen molar-refractivity contribution in [3.8, 4) is 11.3 Å². The number of fused-ring (bicyclic) bond motifs is 1. The average molecular weight is 815 g/mol. The fourth-order valence-electron chi connectivity index (χ4n) is 10.0. The van der Waals surface area contributed by atoms with E-state index in [1.165, 1.54) is 93.7 Å². The van der Waals surface area contributed by atoms with Crippen LogP contribution >= 0.6 is 11.6 Å². The molecule has 2 aromatic heterocycles. The van der Waals surface area contributed by atoms with E-state index in [1.54, 1.807) is 12.3 Å². The molecule has 2 N–H and O–H groups in total. The van der Waals surface area contributed by atoms with Gasteiger partial charge in [-0.3, -0.25) is 24.4 Å². The van der Waals surface area contributed by atoms with Gasteiger partial charge in [0.2, 0.25) is 17.8 Å². The zero-order chi connectivity index (χ0) is 40.2. The Morgan fingerprint density at radius 1 is 0.862 bits per heavy atom. The van der Waals surface area contributed by atoms with E-state index in [4.69, 9.17) is 16.6 Å². The van der Waals surface area contributed by atoms with Crippen LogP contribution in [0, 0.1) is 17.7 Å². The highest BCUT2D eigenvalue weighted by atomic mass is 35.5. The molecule has 5 heterocycles. The lowest BCUT2D eigenvalue weighted by atomic mass is 9.83. The number of imide groups is 1. The Labute approximate surface area is 347 Å². The first-order valence-electron chi connectivity index (χ1n) is 22.2. The number of halogens is 2. The molecule has 3 aliphatic heterocycles. The highest BCUT2D eigenvalue weighted by Gasteiger charge is 2.41. The van der Waals surface area contributed by atoms with Gasteiger partial charge in [0.15, 0.2) is 0 Å². The number of carbonyl (C=O) groups is 3. The normalized spacial score (nSPS) is 23.1. The molecule has 312 valence electrons. The zero-order valence-electron chi connectivity index (χ0n) is 34.1. The van der Waals surface area contributed by atoms with Gasteiger partial charge in [0, 0.05) is 42.9 Å². The Kier molecular flexibility index (Phi) is 13.1. The molecule has 4 fully saturated rings. The van der Waals surface area contributed by atoms with E-state index in [0.717, 1.165) is 86.0 Å². The molecule has 5 aliphatic rings. The minimum atomic E-state index is -0.689. The van der Waals surface area contributed by atoms with Crippen molar-refractivity contribution in [3.63, 3.8) is 0 Å². The first kappa shape index (κ1) is 40.9. The van der Waals surface area contributed by atoms with Crippen LogP contribution in [-0.4, -0.2) is 79.0 Å². The molecule has 3 amide bonds. The Hall–Kier alpha value is -3.90. The number of likely N-dealkylation sites (tertiary alicyclic amines) is 1. The van der Waals surface area contributed by atoms with Crippen molar-refractivity contribution in [2.24, 2.45) is 18.9 Å². The summed E-state index contributed by atoms with van der Waals surface area (Å²) in [6.45, 7) is 3.35. The second kappa shape index (κ2) is 18.6. The fourth-order valence-corrected chi connectivity index (χ4v) is 10.2.